The van der Waals surface area contributed by atoms with Gasteiger partial charge in [0.15, 0.2) is 11.5 Å². The smallest absolute Gasteiger partial charge is 0.254 e. The third-order valence-corrected chi connectivity index (χ3v) is 6.83. The predicted octanol–water partition coefficient (Wildman–Crippen LogP) is 4.17. The Morgan fingerprint density at radius 2 is 1.86 bits per heavy atom. The summed E-state index contributed by atoms with van der Waals surface area (Å²) < 4.78 is 16.2. The lowest BCUT2D eigenvalue weighted by Gasteiger charge is -2.38. The van der Waals surface area contributed by atoms with E-state index in [9.17, 15) is 4.79 Å². The molecule has 1 saturated heterocycles. The standard InChI is InChI=1S/C28H31N3O4/c1-33-25-7-4-21(5-8-25)10-14-30-15-11-24(12-16-30)31(19-22-3-2-13-29-18-22)28(32)23-6-9-26-27(17-23)35-20-34-26/h2-9,13,17-18,24H,10-12,14-16,19-20H2,1H3. The molecule has 2 aliphatic rings. The van der Waals surface area contributed by atoms with E-state index in [1.54, 1.807) is 19.4 Å². The van der Waals surface area contributed by atoms with E-state index in [2.05, 4.69) is 22.0 Å². The lowest BCUT2D eigenvalue weighted by atomic mass is 10.00. The average Bonchev–Trinajstić information content (AvgIpc) is 3.39. The van der Waals surface area contributed by atoms with Crippen molar-refractivity contribution in [2.45, 2.75) is 31.8 Å². The maximum absolute atomic E-state index is 13.7. The second-order valence-corrected chi connectivity index (χ2v) is 9.03. The fraction of sp³-hybridized carbons (Fsp3) is 0.357. The molecular weight excluding hydrogens is 442 g/mol. The molecule has 35 heavy (non-hydrogen) atoms. The van der Waals surface area contributed by atoms with Crippen LogP contribution in [0.5, 0.6) is 17.2 Å². The Morgan fingerprint density at radius 3 is 2.60 bits per heavy atom. The number of hydrogen-bond acceptors (Lipinski definition) is 6. The van der Waals surface area contributed by atoms with Gasteiger partial charge in [0.25, 0.3) is 5.91 Å². The van der Waals surface area contributed by atoms with E-state index in [1.165, 1.54) is 5.56 Å². The number of fused-ring (bicyclic) bond motifs is 1. The molecule has 1 fully saturated rings. The normalized spacial score (nSPS) is 15.7. The Labute approximate surface area is 206 Å². The first-order valence-corrected chi connectivity index (χ1v) is 12.1. The maximum atomic E-state index is 13.7. The first kappa shape index (κ1) is 23.2. The minimum absolute atomic E-state index is 0.0174. The van der Waals surface area contributed by atoms with Crippen molar-refractivity contribution in [2.24, 2.45) is 0 Å². The Morgan fingerprint density at radius 1 is 1.06 bits per heavy atom. The Hall–Kier alpha value is -3.58. The summed E-state index contributed by atoms with van der Waals surface area (Å²) in [5, 5.41) is 0. The molecule has 1 aromatic heterocycles. The molecule has 3 aromatic rings. The molecule has 0 unspecified atom stereocenters. The van der Waals surface area contributed by atoms with Crippen molar-refractivity contribution in [1.82, 2.24) is 14.8 Å². The number of likely N-dealkylation sites (tertiary alicyclic amines) is 1. The van der Waals surface area contributed by atoms with Crippen LogP contribution in [0.25, 0.3) is 0 Å². The molecule has 7 nitrogen and oxygen atoms in total. The number of aromatic nitrogens is 1. The van der Waals surface area contributed by atoms with Crippen LogP contribution in [0, 0.1) is 0 Å². The highest BCUT2D eigenvalue weighted by Gasteiger charge is 2.29. The summed E-state index contributed by atoms with van der Waals surface area (Å²) >= 11 is 0. The predicted molar refractivity (Wildman–Crippen MR) is 133 cm³/mol. The van der Waals surface area contributed by atoms with Gasteiger partial charge in [-0.3, -0.25) is 9.78 Å². The molecule has 0 radical (unpaired) electrons. The van der Waals surface area contributed by atoms with Gasteiger partial charge in [0.1, 0.15) is 5.75 Å². The van der Waals surface area contributed by atoms with Crippen LogP contribution in [0.4, 0.5) is 0 Å². The zero-order valence-electron chi connectivity index (χ0n) is 20.1. The number of amides is 1. The minimum atomic E-state index is 0.0174. The van der Waals surface area contributed by atoms with Crippen LogP contribution >= 0.6 is 0 Å². The van der Waals surface area contributed by atoms with Gasteiger partial charge in [0, 0.05) is 50.2 Å². The molecule has 0 spiro atoms. The molecular formula is C28H31N3O4. The van der Waals surface area contributed by atoms with Crippen molar-refractivity contribution in [3.63, 3.8) is 0 Å². The van der Waals surface area contributed by atoms with Gasteiger partial charge in [-0.1, -0.05) is 18.2 Å². The lowest BCUT2D eigenvalue weighted by Crippen LogP contribution is -2.47. The van der Waals surface area contributed by atoms with Crippen molar-refractivity contribution < 1.29 is 19.0 Å². The summed E-state index contributed by atoms with van der Waals surface area (Å²) in [5.41, 5.74) is 2.97. The largest absolute Gasteiger partial charge is 0.497 e. The lowest BCUT2D eigenvalue weighted by molar-refractivity contribution is 0.0550. The number of carbonyl (C=O) groups is 1. The van der Waals surface area contributed by atoms with E-state index >= 15 is 0 Å². The van der Waals surface area contributed by atoms with Crippen molar-refractivity contribution in [2.75, 3.05) is 33.5 Å². The van der Waals surface area contributed by atoms with E-state index in [-0.39, 0.29) is 18.7 Å². The average molecular weight is 474 g/mol. The summed E-state index contributed by atoms with van der Waals surface area (Å²) in [6.45, 7) is 3.69. The van der Waals surface area contributed by atoms with E-state index in [0.717, 1.165) is 50.2 Å². The van der Waals surface area contributed by atoms with Gasteiger partial charge in [-0.05, 0) is 66.8 Å². The number of carbonyl (C=O) groups excluding carboxylic acids is 1. The molecule has 182 valence electrons. The molecule has 0 N–H and O–H groups in total. The second kappa shape index (κ2) is 10.8. The van der Waals surface area contributed by atoms with Crippen molar-refractivity contribution in [1.29, 1.82) is 0 Å². The van der Waals surface area contributed by atoms with Gasteiger partial charge in [-0.25, -0.2) is 0 Å². The SMILES string of the molecule is COc1ccc(CCN2CCC(N(Cc3cccnc3)C(=O)c3ccc4c(c3)OCO4)CC2)cc1. The molecule has 0 bridgehead atoms. The highest BCUT2D eigenvalue weighted by molar-refractivity contribution is 5.95. The Balaban J connectivity index is 1.24. The van der Waals surface area contributed by atoms with E-state index in [0.29, 0.717) is 23.6 Å². The second-order valence-electron chi connectivity index (χ2n) is 9.03. The summed E-state index contributed by atoms with van der Waals surface area (Å²) in [7, 11) is 1.69. The van der Waals surface area contributed by atoms with Gasteiger partial charge in [-0.15, -0.1) is 0 Å². The highest BCUT2D eigenvalue weighted by Crippen LogP contribution is 2.33. The van der Waals surface area contributed by atoms with Gasteiger partial charge in [0.2, 0.25) is 6.79 Å². The number of hydrogen-bond donors (Lipinski definition) is 0. The summed E-state index contributed by atoms with van der Waals surface area (Å²) in [5.74, 6) is 2.22. The highest BCUT2D eigenvalue weighted by atomic mass is 16.7. The van der Waals surface area contributed by atoms with Crippen molar-refractivity contribution >= 4 is 5.91 Å². The number of ether oxygens (including phenoxy) is 3. The number of benzene rings is 2. The molecule has 0 saturated carbocycles. The molecule has 3 heterocycles. The van der Waals surface area contributed by atoms with Crippen LogP contribution in [0.3, 0.4) is 0 Å². The van der Waals surface area contributed by atoms with E-state index in [1.807, 2.05) is 47.5 Å². The number of piperidine rings is 1. The maximum Gasteiger partial charge on any atom is 0.254 e. The summed E-state index contributed by atoms with van der Waals surface area (Å²) in [4.78, 5) is 22.4. The number of nitrogens with zero attached hydrogens (tertiary/aromatic N) is 3. The number of rotatable bonds is 8. The number of pyridine rings is 1. The number of methoxy groups -OCH3 is 1. The molecule has 5 rings (SSSR count). The van der Waals surface area contributed by atoms with Crippen molar-refractivity contribution in [3.8, 4) is 17.2 Å². The first-order valence-electron chi connectivity index (χ1n) is 12.1. The molecule has 0 aliphatic carbocycles. The minimum Gasteiger partial charge on any atom is -0.497 e. The van der Waals surface area contributed by atoms with Crippen LogP contribution in [0.15, 0.2) is 67.0 Å². The third kappa shape index (κ3) is 5.57. The van der Waals surface area contributed by atoms with Crippen LogP contribution in [-0.4, -0.2) is 60.3 Å². The van der Waals surface area contributed by atoms with Gasteiger partial charge < -0.3 is 24.0 Å². The van der Waals surface area contributed by atoms with Crippen LogP contribution in [-0.2, 0) is 13.0 Å². The third-order valence-electron chi connectivity index (χ3n) is 6.83. The van der Waals surface area contributed by atoms with Gasteiger partial charge in [0.05, 0.1) is 7.11 Å². The van der Waals surface area contributed by atoms with Crippen molar-refractivity contribution in [3.05, 3.63) is 83.7 Å². The topological polar surface area (TPSA) is 64.1 Å². The zero-order chi connectivity index (χ0) is 24.0. The van der Waals surface area contributed by atoms with Crippen LogP contribution in [0.2, 0.25) is 0 Å². The fourth-order valence-electron chi connectivity index (χ4n) is 4.78. The van der Waals surface area contributed by atoms with E-state index in [4.69, 9.17) is 14.2 Å². The van der Waals surface area contributed by atoms with Crippen LogP contribution < -0.4 is 14.2 Å². The molecule has 1 amide bonds. The Bertz CT molecular complexity index is 1130. The van der Waals surface area contributed by atoms with Gasteiger partial charge >= 0.3 is 0 Å². The molecule has 7 heteroatoms. The fourth-order valence-corrected chi connectivity index (χ4v) is 4.78. The zero-order valence-corrected chi connectivity index (χ0v) is 20.1. The monoisotopic (exact) mass is 473 g/mol. The summed E-state index contributed by atoms with van der Waals surface area (Å²) in [6.07, 6.45) is 6.49. The quantitative estimate of drug-likeness (QED) is 0.489. The molecule has 2 aromatic carbocycles. The molecule has 2 aliphatic heterocycles. The van der Waals surface area contributed by atoms with E-state index < -0.39 is 0 Å². The first-order chi connectivity index (χ1) is 17.2. The molecule has 0 atom stereocenters. The van der Waals surface area contributed by atoms with Gasteiger partial charge in [-0.2, -0.15) is 0 Å². The van der Waals surface area contributed by atoms with Crippen LogP contribution in [0.1, 0.15) is 34.3 Å². The Kier molecular flexibility index (Phi) is 7.14. The summed E-state index contributed by atoms with van der Waals surface area (Å²) in [6, 6.07) is 17.8.